The van der Waals surface area contributed by atoms with Gasteiger partial charge in [-0.3, -0.25) is 10.1 Å². The second-order valence-electron chi connectivity index (χ2n) is 6.63. The van der Waals surface area contributed by atoms with Crippen LogP contribution in [0.3, 0.4) is 0 Å². The van der Waals surface area contributed by atoms with Gasteiger partial charge in [-0.2, -0.15) is 9.97 Å². The second-order valence-corrected chi connectivity index (χ2v) is 6.63. The summed E-state index contributed by atoms with van der Waals surface area (Å²) in [4.78, 5) is 24.5. The predicted octanol–water partition coefficient (Wildman–Crippen LogP) is -0.0619. The number of nitrogens with one attached hydrogen (secondary N) is 1. The number of nitro groups is 1. The molecule has 1 fully saturated rings. The Morgan fingerprint density at radius 3 is 2.46 bits per heavy atom. The van der Waals surface area contributed by atoms with Gasteiger partial charge in [0.2, 0.25) is 17.6 Å². The minimum absolute atomic E-state index is 0.0947. The molecule has 3 rings (SSSR count). The van der Waals surface area contributed by atoms with E-state index in [1.165, 1.54) is 10.5 Å². The van der Waals surface area contributed by atoms with Crippen LogP contribution < -0.4 is 20.4 Å². The molecule has 3 N–H and O–H groups in total. The van der Waals surface area contributed by atoms with Gasteiger partial charge in [0.25, 0.3) is 0 Å². The highest BCUT2D eigenvalue weighted by Gasteiger charge is 2.31. The van der Waals surface area contributed by atoms with E-state index in [-0.39, 0.29) is 11.5 Å². The summed E-state index contributed by atoms with van der Waals surface area (Å²) in [5.41, 5.74) is 6.93. The maximum atomic E-state index is 11.5. The molecule has 0 aliphatic carbocycles. The summed E-state index contributed by atoms with van der Waals surface area (Å²) >= 11 is 0. The van der Waals surface area contributed by atoms with Crippen LogP contribution >= 0.6 is 0 Å². The summed E-state index contributed by atoms with van der Waals surface area (Å²) in [6.07, 6.45) is 0. The van der Waals surface area contributed by atoms with Gasteiger partial charge in [-0.15, -0.1) is 0 Å². The van der Waals surface area contributed by atoms with E-state index in [4.69, 9.17) is 5.73 Å². The van der Waals surface area contributed by atoms with Gasteiger partial charge in [0.15, 0.2) is 0 Å². The largest absolute Gasteiger partial charge is 0.378 e. The van der Waals surface area contributed by atoms with Crippen molar-refractivity contribution in [2.24, 2.45) is 0 Å². The molecule has 0 amide bonds. The molecule has 138 valence electrons. The topological polar surface area (TPSA) is 106 Å². The summed E-state index contributed by atoms with van der Waals surface area (Å²) in [6, 6.07) is 10.3. The number of hydrogen-bond donors (Lipinski definition) is 2. The number of hydrogen-bond acceptors (Lipinski definition) is 7. The number of piperazine rings is 1. The molecule has 2 aromatic rings. The van der Waals surface area contributed by atoms with E-state index in [1.807, 2.05) is 23.1 Å². The van der Waals surface area contributed by atoms with E-state index in [1.54, 1.807) is 19.0 Å². The van der Waals surface area contributed by atoms with Crippen molar-refractivity contribution in [2.45, 2.75) is 6.54 Å². The first-order chi connectivity index (χ1) is 12.5. The molecule has 0 atom stereocenters. The Morgan fingerprint density at radius 2 is 1.88 bits per heavy atom. The number of quaternary nitrogens is 1. The molecule has 0 spiro atoms. The lowest BCUT2D eigenvalue weighted by Crippen LogP contribution is -3.13. The van der Waals surface area contributed by atoms with Crippen molar-refractivity contribution in [1.29, 1.82) is 0 Å². The molecule has 0 unspecified atom stereocenters. The molecule has 1 aliphatic heterocycles. The van der Waals surface area contributed by atoms with E-state index < -0.39 is 4.92 Å². The monoisotopic (exact) mass is 358 g/mol. The van der Waals surface area contributed by atoms with Gasteiger partial charge < -0.3 is 20.4 Å². The van der Waals surface area contributed by atoms with Crippen molar-refractivity contribution >= 4 is 23.3 Å². The Hall–Kier alpha value is -2.94. The van der Waals surface area contributed by atoms with Gasteiger partial charge in [-0.25, -0.2) is 0 Å². The van der Waals surface area contributed by atoms with Gasteiger partial charge in [0.05, 0.1) is 31.1 Å². The van der Waals surface area contributed by atoms with Crippen LogP contribution in [0.5, 0.6) is 0 Å². The van der Waals surface area contributed by atoms with Gasteiger partial charge >= 0.3 is 5.69 Å². The van der Waals surface area contributed by atoms with Crippen molar-refractivity contribution in [3.05, 3.63) is 46.0 Å². The smallest absolute Gasteiger partial charge is 0.353 e. The van der Waals surface area contributed by atoms with E-state index in [0.29, 0.717) is 24.9 Å². The number of nitrogen functional groups attached to an aromatic ring is 1. The number of nitrogens with zero attached hydrogens (tertiary/aromatic N) is 5. The number of benzene rings is 1. The average Bonchev–Trinajstić information content (AvgIpc) is 2.62. The third-order valence-electron chi connectivity index (χ3n) is 4.53. The molecule has 1 saturated heterocycles. The van der Waals surface area contributed by atoms with Crippen LogP contribution in [0.4, 0.5) is 23.3 Å². The van der Waals surface area contributed by atoms with Crippen LogP contribution in [0, 0.1) is 10.1 Å². The Labute approximate surface area is 152 Å². The fourth-order valence-corrected chi connectivity index (χ4v) is 3.14. The van der Waals surface area contributed by atoms with Crippen molar-refractivity contribution in [3.63, 3.8) is 0 Å². The Kier molecular flexibility index (Phi) is 5.17. The maximum absolute atomic E-state index is 11.5. The van der Waals surface area contributed by atoms with E-state index in [0.717, 1.165) is 19.6 Å². The maximum Gasteiger partial charge on any atom is 0.353 e. The fraction of sp³-hybridized carbons (Fsp3) is 0.412. The summed E-state index contributed by atoms with van der Waals surface area (Å²) < 4.78 is 0. The lowest BCUT2D eigenvalue weighted by atomic mass is 10.2. The van der Waals surface area contributed by atoms with Gasteiger partial charge in [-0.1, -0.05) is 30.3 Å². The lowest BCUT2D eigenvalue weighted by molar-refractivity contribution is -0.914. The van der Waals surface area contributed by atoms with Gasteiger partial charge in [0, 0.05) is 19.7 Å². The summed E-state index contributed by atoms with van der Waals surface area (Å²) in [5, 5.41) is 11.5. The average molecular weight is 358 g/mol. The SMILES string of the molecule is CN(C)c1nc(N)c([N+](=O)[O-])c(N2CC[NH+](Cc3ccccc3)CC2)n1. The van der Waals surface area contributed by atoms with E-state index in [2.05, 4.69) is 22.1 Å². The third kappa shape index (κ3) is 3.83. The van der Waals surface area contributed by atoms with Crippen LogP contribution in [0.15, 0.2) is 30.3 Å². The highest BCUT2D eigenvalue weighted by atomic mass is 16.6. The molecule has 1 aromatic heterocycles. The van der Waals surface area contributed by atoms with Crippen molar-refractivity contribution in [1.82, 2.24) is 9.97 Å². The molecular weight excluding hydrogens is 334 g/mol. The van der Waals surface area contributed by atoms with Gasteiger partial charge in [0.1, 0.15) is 6.54 Å². The van der Waals surface area contributed by atoms with Gasteiger partial charge in [-0.05, 0) is 0 Å². The quantitative estimate of drug-likeness (QED) is 0.570. The summed E-state index contributed by atoms with van der Waals surface area (Å²) in [5.74, 6) is 0.592. The molecule has 9 nitrogen and oxygen atoms in total. The zero-order valence-electron chi connectivity index (χ0n) is 15.1. The first kappa shape index (κ1) is 17.9. The van der Waals surface area contributed by atoms with E-state index in [9.17, 15) is 10.1 Å². The molecule has 0 bridgehead atoms. The fourth-order valence-electron chi connectivity index (χ4n) is 3.14. The second kappa shape index (κ2) is 7.52. The number of nitrogens with two attached hydrogens (primary N) is 1. The third-order valence-corrected chi connectivity index (χ3v) is 4.53. The molecular formula is C17H24N7O2+. The minimum Gasteiger partial charge on any atom is -0.378 e. The zero-order valence-corrected chi connectivity index (χ0v) is 15.1. The molecule has 1 aliphatic rings. The molecule has 0 radical (unpaired) electrons. The van der Waals surface area contributed by atoms with Crippen LogP contribution in [0.25, 0.3) is 0 Å². The van der Waals surface area contributed by atoms with Crippen molar-refractivity contribution in [2.75, 3.05) is 55.8 Å². The lowest BCUT2D eigenvalue weighted by Gasteiger charge is -2.33. The number of rotatable bonds is 5. The molecule has 0 saturated carbocycles. The number of aromatic nitrogens is 2. The van der Waals surface area contributed by atoms with Crippen molar-refractivity contribution < 1.29 is 9.82 Å². The molecule has 9 heteroatoms. The molecule has 26 heavy (non-hydrogen) atoms. The summed E-state index contributed by atoms with van der Waals surface area (Å²) in [7, 11) is 3.57. The summed E-state index contributed by atoms with van der Waals surface area (Å²) in [6.45, 7) is 4.09. The standard InChI is InChI=1S/C17H23N7O2/c1-21(2)17-19-15(18)14(24(25)26)16(20-17)23-10-8-22(9-11-23)12-13-6-4-3-5-7-13/h3-7H,8-12H2,1-2H3,(H2,18,19,20)/p+1. The molecule has 2 heterocycles. The highest BCUT2D eigenvalue weighted by molar-refractivity contribution is 5.71. The van der Waals surface area contributed by atoms with E-state index >= 15 is 0 Å². The number of anilines is 3. The Bertz CT molecular complexity index is 774. The Morgan fingerprint density at radius 1 is 1.23 bits per heavy atom. The zero-order chi connectivity index (χ0) is 18.7. The van der Waals surface area contributed by atoms with Crippen LogP contribution in [-0.4, -0.2) is 55.2 Å². The normalized spacial score (nSPS) is 15.1. The first-order valence-corrected chi connectivity index (χ1v) is 8.57. The molecule has 1 aromatic carbocycles. The Balaban J connectivity index is 1.77. The van der Waals surface area contributed by atoms with Crippen LogP contribution in [-0.2, 0) is 6.54 Å². The minimum atomic E-state index is -0.493. The van der Waals surface area contributed by atoms with Crippen LogP contribution in [0.2, 0.25) is 0 Å². The first-order valence-electron chi connectivity index (χ1n) is 8.57. The van der Waals surface area contributed by atoms with Crippen molar-refractivity contribution in [3.8, 4) is 0 Å². The highest BCUT2D eigenvalue weighted by Crippen LogP contribution is 2.32. The van der Waals surface area contributed by atoms with Crippen LogP contribution in [0.1, 0.15) is 5.56 Å². The predicted molar refractivity (Wildman–Crippen MR) is 100 cm³/mol.